The fourth-order valence-electron chi connectivity index (χ4n) is 0.462. The SMILES string of the molecule is C=C/C(=C\C(Br)=C/C)CN. The summed E-state index contributed by atoms with van der Waals surface area (Å²) in [5, 5.41) is 0. The Labute approximate surface area is 70.4 Å². The Hall–Kier alpha value is -0.340. The van der Waals surface area contributed by atoms with E-state index in [1.807, 2.05) is 19.1 Å². The molecule has 0 amide bonds. The third-order valence-electron chi connectivity index (χ3n) is 1.10. The van der Waals surface area contributed by atoms with Crippen molar-refractivity contribution >= 4 is 15.9 Å². The summed E-state index contributed by atoms with van der Waals surface area (Å²) in [6.45, 7) is 6.11. The zero-order valence-corrected chi connectivity index (χ0v) is 7.69. The van der Waals surface area contributed by atoms with E-state index in [9.17, 15) is 0 Å². The van der Waals surface area contributed by atoms with E-state index in [0.717, 1.165) is 10.1 Å². The van der Waals surface area contributed by atoms with E-state index >= 15 is 0 Å². The molecule has 0 aliphatic heterocycles. The maximum Gasteiger partial charge on any atom is 0.0178 e. The molecule has 2 heteroatoms. The fraction of sp³-hybridized carbons (Fsp3) is 0.250. The van der Waals surface area contributed by atoms with Crippen LogP contribution in [0.3, 0.4) is 0 Å². The monoisotopic (exact) mass is 201 g/mol. The van der Waals surface area contributed by atoms with Crippen LogP contribution < -0.4 is 5.73 Å². The molecule has 0 spiro atoms. The Bertz CT molecular complexity index is 168. The summed E-state index contributed by atoms with van der Waals surface area (Å²) >= 11 is 3.34. The molecular weight excluding hydrogens is 190 g/mol. The van der Waals surface area contributed by atoms with E-state index in [1.54, 1.807) is 6.08 Å². The summed E-state index contributed by atoms with van der Waals surface area (Å²) in [5.74, 6) is 0. The molecule has 0 heterocycles. The number of halogens is 1. The molecule has 0 saturated carbocycles. The van der Waals surface area contributed by atoms with E-state index in [4.69, 9.17) is 5.73 Å². The van der Waals surface area contributed by atoms with Gasteiger partial charge in [0.25, 0.3) is 0 Å². The quantitative estimate of drug-likeness (QED) is 0.698. The van der Waals surface area contributed by atoms with Crippen LogP contribution in [0, 0.1) is 0 Å². The zero-order valence-electron chi connectivity index (χ0n) is 6.10. The Morgan fingerprint density at radius 1 is 1.70 bits per heavy atom. The highest BCUT2D eigenvalue weighted by Gasteiger charge is 1.87. The maximum atomic E-state index is 5.40. The van der Waals surface area contributed by atoms with Gasteiger partial charge in [-0.25, -0.2) is 0 Å². The summed E-state index contributed by atoms with van der Waals surface area (Å²) < 4.78 is 1.04. The molecule has 0 aromatic heterocycles. The van der Waals surface area contributed by atoms with Gasteiger partial charge in [0, 0.05) is 11.0 Å². The van der Waals surface area contributed by atoms with Crippen molar-refractivity contribution in [2.75, 3.05) is 6.54 Å². The average Bonchev–Trinajstić information content (AvgIpc) is 1.99. The van der Waals surface area contributed by atoms with Crippen molar-refractivity contribution in [1.29, 1.82) is 0 Å². The van der Waals surface area contributed by atoms with E-state index in [1.165, 1.54) is 0 Å². The van der Waals surface area contributed by atoms with Crippen molar-refractivity contribution in [3.8, 4) is 0 Å². The second-order valence-electron chi connectivity index (χ2n) is 1.80. The van der Waals surface area contributed by atoms with Crippen LogP contribution in [0.2, 0.25) is 0 Å². The molecule has 0 aliphatic carbocycles. The molecule has 0 radical (unpaired) electrons. The van der Waals surface area contributed by atoms with Gasteiger partial charge in [-0.1, -0.05) is 34.7 Å². The molecular formula is C8H12BrN. The summed E-state index contributed by atoms with van der Waals surface area (Å²) in [7, 11) is 0. The number of allylic oxidation sites excluding steroid dienone is 3. The molecule has 10 heavy (non-hydrogen) atoms. The Balaban J connectivity index is 4.24. The van der Waals surface area contributed by atoms with Crippen LogP contribution in [0.1, 0.15) is 6.92 Å². The Kier molecular flexibility index (Phi) is 5.26. The number of rotatable bonds is 3. The van der Waals surface area contributed by atoms with Gasteiger partial charge in [-0.05, 0) is 18.6 Å². The molecule has 0 fully saturated rings. The summed E-state index contributed by atoms with van der Waals surface area (Å²) in [6.07, 6.45) is 5.66. The normalized spacial score (nSPS) is 13.5. The van der Waals surface area contributed by atoms with Crippen LogP contribution in [0.5, 0.6) is 0 Å². The molecule has 56 valence electrons. The molecule has 0 aliphatic rings. The summed E-state index contributed by atoms with van der Waals surface area (Å²) in [5.41, 5.74) is 6.43. The summed E-state index contributed by atoms with van der Waals surface area (Å²) in [4.78, 5) is 0. The van der Waals surface area contributed by atoms with Gasteiger partial charge in [-0.15, -0.1) is 0 Å². The van der Waals surface area contributed by atoms with Crippen molar-refractivity contribution < 1.29 is 0 Å². The minimum Gasteiger partial charge on any atom is -0.326 e. The van der Waals surface area contributed by atoms with Crippen molar-refractivity contribution in [3.63, 3.8) is 0 Å². The average molecular weight is 202 g/mol. The first kappa shape index (κ1) is 9.66. The van der Waals surface area contributed by atoms with E-state index < -0.39 is 0 Å². The first-order valence-electron chi connectivity index (χ1n) is 3.09. The predicted molar refractivity (Wildman–Crippen MR) is 50.0 cm³/mol. The number of nitrogens with two attached hydrogens (primary N) is 1. The van der Waals surface area contributed by atoms with E-state index in [2.05, 4.69) is 22.5 Å². The van der Waals surface area contributed by atoms with Crippen molar-refractivity contribution in [1.82, 2.24) is 0 Å². The van der Waals surface area contributed by atoms with Gasteiger partial charge in [-0.2, -0.15) is 0 Å². The van der Waals surface area contributed by atoms with Gasteiger partial charge in [0.05, 0.1) is 0 Å². The first-order valence-corrected chi connectivity index (χ1v) is 3.88. The highest BCUT2D eigenvalue weighted by atomic mass is 79.9. The lowest BCUT2D eigenvalue weighted by Crippen LogP contribution is -2.00. The lowest BCUT2D eigenvalue weighted by atomic mass is 10.2. The van der Waals surface area contributed by atoms with Crippen molar-refractivity contribution in [3.05, 3.63) is 34.9 Å². The van der Waals surface area contributed by atoms with Crippen LogP contribution in [-0.4, -0.2) is 6.54 Å². The fourth-order valence-corrected chi connectivity index (χ4v) is 0.756. The Morgan fingerprint density at radius 2 is 2.30 bits per heavy atom. The standard InChI is InChI=1S/C8H12BrN/c1-3-7(6-10)5-8(9)4-2/h3-5H,1,6,10H2,2H3/b7-5+,8-4+. The minimum atomic E-state index is 0.534. The third kappa shape index (κ3) is 3.64. The van der Waals surface area contributed by atoms with Crippen molar-refractivity contribution in [2.24, 2.45) is 5.73 Å². The molecule has 0 aromatic carbocycles. The lowest BCUT2D eigenvalue weighted by Gasteiger charge is -1.94. The topological polar surface area (TPSA) is 26.0 Å². The van der Waals surface area contributed by atoms with E-state index in [0.29, 0.717) is 6.54 Å². The molecule has 0 atom stereocenters. The van der Waals surface area contributed by atoms with E-state index in [-0.39, 0.29) is 0 Å². The van der Waals surface area contributed by atoms with Crippen LogP contribution in [0.4, 0.5) is 0 Å². The Morgan fingerprint density at radius 3 is 2.60 bits per heavy atom. The second kappa shape index (κ2) is 5.45. The van der Waals surface area contributed by atoms with Gasteiger partial charge in [0.1, 0.15) is 0 Å². The number of hydrogen-bond donors (Lipinski definition) is 1. The van der Waals surface area contributed by atoms with Gasteiger partial charge < -0.3 is 5.73 Å². The zero-order chi connectivity index (χ0) is 7.98. The predicted octanol–water partition coefficient (Wildman–Crippen LogP) is 2.36. The largest absolute Gasteiger partial charge is 0.326 e. The number of hydrogen-bond acceptors (Lipinski definition) is 1. The van der Waals surface area contributed by atoms with Crippen LogP contribution in [0.15, 0.2) is 34.9 Å². The first-order chi connectivity index (χ1) is 4.74. The van der Waals surface area contributed by atoms with Gasteiger partial charge in [0.15, 0.2) is 0 Å². The maximum absolute atomic E-state index is 5.40. The molecule has 0 bridgehead atoms. The molecule has 0 unspecified atom stereocenters. The molecule has 1 nitrogen and oxygen atoms in total. The smallest absolute Gasteiger partial charge is 0.0178 e. The highest BCUT2D eigenvalue weighted by molar-refractivity contribution is 9.11. The molecule has 2 N–H and O–H groups in total. The summed E-state index contributed by atoms with van der Waals surface area (Å²) in [6, 6.07) is 0. The van der Waals surface area contributed by atoms with Crippen molar-refractivity contribution in [2.45, 2.75) is 6.92 Å². The van der Waals surface area contributed by atoms with Gasteiger partial charge in [-0.3, -0.25) is 0 Å². The van der Waals surface area contributed by atoms with Crippen LogP contribution in [-0.2, 0) is 0 Å². The van der Waals surface area contributed by atoms with Gasteiger partial charge in [0.2, 0.25) is 0 Å². The van der Waals surface area contributed by atoms with Gasteiger partial charge >= 0.3 is 0 Å². The lowest BCUT2D eigenvalue weighted by molar-refractivity contribution is 1.19. The minimum absolute atomic E-state index is 0.534. The second-order valence-corrected chi connectivity index (χ2v) is 2.72. The third-order valence-corrected chi connectivity index (χ3v) is 1.78. The molecule has 0 aromatic rings. The molecule has 0 rings (SSSR count). The highest BCUT2D eigenvalue weighted by Crippen LogP contribution is 2.09. The van der Waals surface area contributed by atoms with Crippen LogP contribution in [0.25, 0.3) is 0 Å². The molecule has 0 saturated heterocycles. The van der Waals surface area contributed by atoms with Crippen LogP contribution >= 0.6 is 15.9 Å².